The summed E-state index contributed by atoms with van der Waals surface area (Å²) in [7, 11) is 3.65. The molecule has 0 atom stereocenters. The van der Waals surface area contributed by atoms with Crippen molar-refractivity contribution in [1.29, 1.82) is 0 Å². The molecule has 0 radical (unpaired) electrons. The van der Waals surface area contributed by atoms with E-state index in [4.69, 9.17) is 5.73 Å². The van der Waals surface area contributed by atoms with Gasteiger partial charge in [0.15, 0.2) is 0 Å². The first-order chi connectivity index (χ1) is 7.63. The van der Waals surface area contributed by atoms with Crippen LogP contribution in [-0.4, -0.2) is 26.0 Å². The number of hydrogen-bond acceptors (Lipinski definition) is 3. The van der Waals surface area contributed by atoms with Gasteiger partial charge in [0.2, 0.25) is 0 Å². The van der Waals surface area contributed by atoms with Gasteiger partial charge in [-0.15, -0.1) is 0 Å². The Hall–Kier alpha value is -1.71. The molecule has 4 heteroatoms. The number of rotatable bonds is 3. The Kier molecular flexibility index (Phi) is 2.73. The van der Waals surface area contributed by atoms with Gasteiger partial charge < -0.3 is 16.0 Å². The predicted octanol–water partition coefficient (Wildman–Crippen LogP) is 1.23. The van der Waals surface area contributed by atoms with E-state index in [1.807, 2.05) is 13.1 Å². The SMILES string of the molecule is CNC(=O)c1ccc(N)cc1N(C)C1CC1. The summed E-state index contributed by atoms with van der Waals surface area (Å²) in [6.07, 6.45) is 2.39. The van der Waals surface area contributed by atoms with Crippen molar-refractivity contribution in [3.05, 3.63) is 23.8 Å². The van der Waals surface area contributed by atoms with E-state index in [1.54, 1.807) is 19.2 Å². The highest BCUT2D eigenvalue weighted by molar-refractivity contribution is 6.00. The van der Waals surface area contributed by atoms with E-state index in [0.717, 1.165) is 5.69 Å². The number of benzene rings is 1. The van der Waals surface area contributed by atoms with Crippen molar-refractivity contribution in [3.63, 3.8) is 0 Å². The van der Waals surface area contributed by atoms with Crippen LogP contribution in [0.2, 0.25) is 0 Å². The second kappa shape index (κ2) is 4.04. The van der Waals surface area contributed by atoms with Crippen molar-refractivity contribution in [3.8, 4) is 0 Å². The maximum Gasteiger partial charge on any atom is 0.253 e. The number of anilines is 2. The number of nitrogens with two attached hydrogens (primary N) is 1. The van der Waals surface area contributed by atoms with Crippen LogP contribution in [0.25, 0.3) is 0 Å². The van der Waals surface area contributed by atoms with E-state index in [0.29, 0.717) is 17.3 Å². The summed E-state index contributed by atoms with van der Waals surface area (Å²) in [6.45, 7) is 0. The lowest BCUT2D eigenvalue weighted by Gasteiger charge is -2.22. The zero-order valence-electron chi connectivity index (χ0n) is 9.66. The van der Waals surface area contributed by atoms with Crippen molar-refractivity contribution < 1.29 is 4.79 Å². The average molecular weight is 219 g/mol. The molecule has 0 aliphatic heterocycles. The molecular weight excluding hydrogens is 202 g/mol. The molecule has 1 fully saturated rings. The maximum absolute atomic E-state index is 11.7. The van der Waals surface area contributed by atoms with Crippen molar-refractivity contribution >= 4 is 17.3 Å². The Morgan fingerprint density at radius 3 is 2.75 bits per heavy atom. The fraction of sp³-hybridized carbons (Fsp3) is 0.417. The van der Waals surface area contributed by atoms with E-state index in [2.05, 4.69) is 10.2 Å². The second-order valence-electron chi connectivity index (χ2n) is 4.20. The van der Waals surface area contributed by atoms with Gasteiger partial charge in [-0.05, 0) is 31.0 Å². The molecule has 0 aromatic heterocycles. The molecule has 1 aliphatic rings. The lowest BCUT2D eigenvalue weighted by Crippen LogP contribution is -2.26. The molecule has 3 N–H and O–H groups in total. The summed E-state index contributed by atoms with van der Waals surface area (Å²) in [4.78, 5) is 13.9. The number of nitrogens with zero attached hydrogens (tertiary/aromatic N) is 1. The summed E-state index contributed by atoms with van der Waals surface area (Å²) >= 11 is 0. The first-order valence-electron chi connectivity index (χ1n) is 5.48. The zero-order valence-corrected chi connectivity index (χ0v) is 9.66. The normalized spacial score (nSPS) is 14.6. The molecule has 16 heavy (non-hydrogen) atoms. The van der Waals surface area contributed by atoms with Crippen LogP contribution in [0, 0.1) is 0 Å². The molecule has 1 aromatic rings. The van der Waals surface area contributed by atoms with Crippen LogP contribution in [0.5, 0.6) is 0 Å². The molecule has 0 saturated heterocycles. The van der Waals surface area contributed by atoms with Crippen LogP contribution in [0.3, 0.4) is 0 Å². The van der Waals surface area contributed by atoms with Gasteiger partial charge in [0.05, 0.1) is 11.3 Å². The Labute approximate surface area is 95.4 Å². The molecule has 0 unspecified atom stereocenters. The summed E-state index contributed by atoms with van der Waals surface area (Å²) in [6, 6.07) is 5.96. The minimum absolute atomic E-state index is 0.0671. The van der Waals surface area contributed by atoms with Gasteiger partial charge in [-0.1, -0.05) is 0 Å². The Bertz CT molecular complexity index is 413. The molecule has 0 spiro atoms. The Morgan fingerprint density at radius 1 is 1.50 bits per heavy atom. The number of hydrogen-bond donors (Lipinski definition) is 2. The quantitative estimate of drug-likeness (QED) is 0.752. The first kappa shape index (κ1) is 10.8. The van der Waals surface area contributed by atoms with Crippen LogP contribution in [0.15, 0.2) is 18.2 Å². The van der Waals surface area contributed by atoms with Gasteiger partial charge in [-0.3, -0.25) is 4.79 Å². The molecule has 4 nitrogen and oxygen atoms in total. The van der Waals surface area contributed by atoms with Crippen LogP contribution >= 0.6 is 0 Å². The van der Waals surface area contributed by atoms with E-state index in [-0.39, 0.29) is 5.91 Å². The number of amides is 1. The predicted molar refractivity (Wildman–Crippen MR) is 65.7 cm³/mol. The lowest BCUT2D eigenvalue weighted by molar-refractivity contribution is 0.0963. The Balaban J connectivity index is 2.38. The highest BCUT2D eigenvalue weighted by Crippen LogP contribution is 2.33. The Morgan fingerprint density at radius 2 is 2.19 bits per heavy atom. The number of carbonyl (C=O) groups excluding carboxylic acids is 1. The van der Waals surface area contributed by atoms with Gasteiger partial charge in [-0.2, -0.15) is 0 Å². The van der Waals surface area contributed by atoms with E-state index >= 15 is 0 Å². The first-order valence-corrected chi connectivity index (χ1v) is 5.48. The van der Waals surface area contributed by atoms with E-state index in [9.17, 15) is 4.79 Å². The molecule has 1 saturated carbocycles. The van der Waals surface area contributed by atoms with Gasteiger partial charge in [0, 0.05) is 25.8 Å². The molecule has 1 aliphatic carbocycles. The highest BCUT2D eigenvalue weighted by Gasteiger charge is 2.28. The van der Waals surface area contributed by atoms with Crippen LogP contribution in [0.4, 0.5) is 11.4 Å². The van der Waals surface area contributed by atoms with Crippen LogP contribution < -0.4 is 16.0 Å². The number of carbonyl (C=O) groups is 1. The van der Waals surface area contributed by atoms with E-state index in [1.165, 1.54) is 12.8 Å². The molecule has 0 heterocycles. The summed E-state index contributed by atoms with van der Waals surface area (Å²) in [5.41, 5.74) is 8.06. The van der Waals surface area contributed by atoms with Crippen LogP contribution in [0.1, 0.15) is 23.2 Å². The fourth-order valence-corrected chi connectivity index (χ4v) is 1.83. The van der Waals surface area contributed by atoms with Crippen molar-refractivity contribution in [2.24, 2.45) is 0 Å². The standard InChI is InChI=1S/C12H17N3O/c1-14-12(16)10-6-3-8(13)7-11(10)15(2)9-4-5-9/h3,6-7,9H,4-5,13H2,1-2H3,(H,14,16). The molecule has 1 amide bonds. The topological polar surface area (TPSA) is 58.4 Å². The molecule has 0 bridgehead atoms. The fourth-order valence-electron chi connectivity index (χ4n) is 1.83. The van der Waals surface area contributed by atoms with Crippen molar-refractivity contribution in [2.45, 2.75) is 18.9 Å². The lowest BCUT2D eigenvalue weighted by atomic mass is 10.1. The number of nitrogen functional groups attached to an aromatic ring is 1. The van der Waals surface area contributed by atoms with Gasteiger partial charge in [0.1, 0.15) is 0 Å². The minimum atomic E-state index is -0.0671. The highest BCUT2D eigenvalue weighted by atomic mass is 16.1. The summed E-state index contributed by atoms with van der Waals surface area (Å²) < 4.78 is 0. The molecule has 2 rings (SSSR count). The largest absolute Gasteiger partial charge is 0.399 e. The molecule has 1 aromatic carbocycles. The third-order valence-electron chi connectivity index (χ3n) is 2.97. The number of nitrogens with one attached hydrogen (secondary N) is 1. The zero-order chi connectivity index (χ0) is 11.7. The monoisotopic (exact) mass is 219 g/mol. The minimum Gasteiger partial charge on any atom is -0.399 e. The summed E-state index contributed by atoms with van der Waals surface area (Å²) in [5.74, 6) is -0.0671. The van der Waals surface area contributed by atoms with Crippen molar-refractivity contribution in [1.82, 2.24) is 5.32 Å². The maximum atomic E-state index is 11.7. The van der Waals surface area contributed by atoms with E-state index < -0.39 is 0 Å². The van der Waals surface area contributed by atoms with Gasteiger partial charge in [-0.25, -0.2) is 0 Å². The molecular formula is C12H17N3O. The second-order valence-corrected chi connectivity index (χ2v) is 4.20. The smallest absolute Gasteiger partial charge is 0.253 e. The third kappa shape index (κ3) is 1.96. The average Bonchev–Trinajstić information content (AvgIpc) is 3.11. The molecule has 86 valence electrons. The van der Waals surface area contributed by atoms with Crippen molar-refractivity contribution in [2.75, 3.05) is 24.7 Å². The van der Waals surface area contributed by atoms with Crippen LogP contribution in [-0.2, 0) is 0 Å². The summed E-state index contributed by atoms with van der Waals surface area (Å²) in [5, 5.41) is 2.65. The van der Waals surface area contributed by atoms with Gasteiger partial charge >= 0.3 is 0 Å². The third-order valence-corrected chi connectivity index (χ3v) is 2.97. The van der Waals surface area contributed by atoms with Gasteiger partial charge in [0.25, 0.3) is 5.91 Å².